The van der Waals surface area contributed by atoms with Crippen molar-refractivity contribution < 1.29 is 18.7 Å². The van der Waals surface area contributed by atoms with E-state index in [-0.39, 0.29) is 25.0 Å². The molecule has 5 heteroatoms. The third kappa shape index (κ3) is 4.09. The molecular formula is C21H27NO4. The van der Waals surface area contributed by atoms with Gasteiger partial charge in [0.1, 0.15) is 5.58 Å². The van der Waals surface area contributed by atoms with Gasteiger partial charge in [0.25, 0.3) is 5.91 Å². The highest BCUT2D eigenvalue weighted by Crippen LogP contribution is 2.25. The van der Waals surface area contributed by atoms with Crippen LogP contribution >= 0.6 is 0 Å². The Kier molecular flexibility index (Phi) is 5.64. The standard InChI is InChI=1S/C21H27NO4/c1-14-9-18-16(12-25-19(18)10-15(14)2)11-21(24)26-13-20(23)22(3)17-7-5-4-6-8-17/h9-10,12,17H,4-8,11,13H2,1-3H3. The minimum Gasteiger partial charge on any atom is -0.464 e. The molecule has 0 N–H and O–H groups in total. The van der Waals surface area contributed by atoms with Crippen molar-refractivity contribution in [1.82, 2.24) is 4.90 Å². The van der Waals surface area contributed by atoms with Gasteiger partial charge in [0.15, 0.2) is 6.61 Å². The number of rotatable bonds is 5. The molecule has 0 aliphatic heterocycles. The molecule has 1 heterocycles. The van der Waals surface area contributed by atoms with Gasteiger partial charge in [-0.15, -0.1) is 0 Å². The van der Waals surface area contributed by atoms with E-state index in [2.05, 4.69) is 0 Å². The number of likely N-dealkylation sites (N-methyl/N-ethyl adjacent to an activating group) is 1. The Hall–Kier alpha value is -2.30. The van der Waals surface area contributed by atoms with Crippen molar-refractivity contribution in [1.29, 1.82) is 0 Å². The molecular weight excluding hydrogens is 330 g/mol. The van der Waals surface area contributed by atoms with Gasteiger partial charge in [-0.2, -0.15) is 0 Å². The Balaban J connectivity index is 1.55. The highest BCUT2D eigenvalue weighted by atomic mass is 16.5. The van der Waals surface area contributed by atoms with Crippen LogP contribution in [0.5, 0.6) is 0 Å². The zero-order valence-electron chi connectivity index (χ0n) is 15.8. The summed E-state index contributed by atoms with van der Waals surface area (Å²) in [6.07, 6.45) is 7.34. The number of benzene rings is 1. The number of esters is 1. The van der Waals surface area contributed by atoms with Gasteiger partial charge < -0.3 is 14.1 Å². The summed E-state index contributed by atoms with van der Waals surface area (Å²) >= 11 is 0. The monoisotopic (exact) mass is 357 g/mol. The second kappa shape index (κ2) is 7.94. The van der Waals surface area contributed by atoms with Crippen LogP contribution in [0.2, 0.25) is 0 Å². The Morgan fingerprint density at radius 3 is 2.58 bits per heavy atom. The largest absolute Gasteiger partial charge is 0.464 e. The quantitative estimate of drug-likeness (QED) is 0.761. The van der Waals surface area contributed by atoms with Gasteiger partial charge in [-0.05, 0) is 49.9 Å². The Morgan fingerprint density at radius 2 is 1.85 bits per heavy atom. The zero-order chi connectivity index (χ0) is 18.7. The van der Waals surface area contributed by atoms with Crippen LogP contribution in [-0.4, -0.2) is 36.5 Å². The minimum atomic E-state index is -0.406. The van der Waals surface area contributed by atoms with Crippen LogP contribution in [0.25, 0.3) is 11.0 Å². The molecule has 1 aliphatic rings. The van der Waals surface area contributed by atoms with Crippen LogP contribution in [0.3, 0.4) is 0 Å². The second-order valence-corrected chi connectivity index (χ2v) is 7.33. The molecule has 140 valence electrons. The number of carbonyl (C=O) groups excluding carboxylic acids is 2. The topological polar surface area (TPSA) is 59.8 Å². The molecule has 5 nitrogen and oxygen atoms in total. The lowest BCUT2D eigenvalue weighted by Gasteiger charge is -2.31. The molecule has 1 aromatic carbocycles. The molecule has 3 rings (SSSR count). The zero-order valence-corrected chi connectivity index (χ0v) is 15.8. The summed E-state index contributed by atoms with van der Waals surface area (Å²) in [7, 11) is 1.81. The van der Waals surface area contributed by atoms with Crippen LogP contribution in [-0.2, 0) is 20.7 Å². The third-order valence-electron chi connectivity index (χ3n) is 5.48. The first-order chi connectivity index (χ1) is 12.5. The fraction of sp³-hybridized carbons (Fsp3) is 0.524. The van der Waals surface area contributed by atoms with E-state index < -0.39 is 5.97 Å². The smallest absolute Gasteiger partial charge is 0.310 e. The Labute approximate surface area is 154 Å². The van der Waals surface area contributed by atoms with E-state index in [0.717, 1.165) is 53.3 Å². The average molecular weight is 357 g/mol. The van der Waals surface area contributed by atoms with Crippen LogP contribution in [0.15, 0.2) is 22.8 Å². The normalized spacial score (nSPS) is 15.2. The molecule has 0 unspecified atom stereocenters. The number of fused-ring (bicyclic) bond motifs is 1. The summed E-state index contributed by atoms with van der Waals surface area (Å²) in [6.45, 7) is 3.86. The fourth-order valence-electron chi connectivity index (χ4n) is 3.60. The Bertz CT molecular complexity index is 802. The van der Waals surface area contributed by atoms with Gasteiger partial charge in [0.05, 0.1) is 12.7 Å². The molecule has 0 atom stereocenters. The van der Waals surface area contributed by atoms with Gasteiger partial charge in [0, 0.05) is 24.0 Å². The molecule has 26 heavy (non-hydrogen) atoms. The number of carbonyl (C=O) groups is 2. The first kappa shape index (κ1) is 18.5. The molecule has 0 radical (unpaired) electrons. The van der Waals surface area contributed by atoms with Crippen molar-refractivity contribution in [2.24, 2.45) is 0 Å². The van der Waals surface area contributed by atoms with Crippen molar-refractivity contribution in [3.05, 3.63) is 35.1 Å². The number of aryl methyl sites for hydroxylation is 2. The number of hydrogen-bond acceptors (Lipinski definition) is 4. The molecule has 2 aromatic rings. The van der Waals surface area contributed by atoms with E-state index in [1.807, 2.05) is 26.0 Å². The first-order valence-electron chi connectivity index (χ1n) is 9.34. The molecule has 0 spiro atoms. The second-order valence-electron chi connectivity index (χ2n) is 7.33. The van der Waals surface area contributed by atoms with Crippen LogP contribution in [0.1, 0.15) is 48.8 Å². The van der Waals surface area contributed by atoms with E-state index in [9.17, 15) is 9.59 Å². The lowest BCUT2D eigenvalue weighted by molar-refractivity contribution is -0.152. The summed E-state index contributed by atoms with van der Waals surface area (Å²) < 4.78 is 10.8. The number of ether oxygens (including phenoxy) is 1. The van der Waals surface area contributed by atoms with Crippen LogP contribution in [0.4, 0.5) is 0 Å². The summed E-state index contributed by atoms with van der Waals surface area (Å²) in [5.74, 6) is -0.537. The molecule has 1 amide bonds. The van der Waals surface area contributed by atoms with Crippen molar-refractivity contribution in [3.8, 4) is 0 Å². The maximum absolute atomic E-state index is 12.3. The molecule has 1 aromatic heterocycles. The first-order valence-corrected chi connectivity index (χ1v) is 9.34. The van der Waals surface area contributed by atoms with Gasteiger partial charge in [-0.1, -0.05) is 19.3 Å². The van der Waals surface area contributed by atoms with Gasteiger partial charge >= 0.3 is 5.97 Å². The SMILES string of the molecule is Cc1cc2occ(CC(=O)OCC(=O)N(C)C3CCCCC3)c2cc1C. The van der Waals surface area contributed by atoms with Gasteiger partial charge in [-0.25, -0.2) is 0 Å². The average Bonchev–Trinajstić information content (AvgIpc) is 3.01. The maximum Gasteiger partial charge on any atom is 0.310 e. The molecule has 1 saturated carbocycles. The van der Waals surface area contributed by atoms with E-state index in [0.29, 0.717) is 0 Å². The van der Waals surface area contributed by atoms with Gasteiger partial charge in [0.2, 0.25) is 0 Å². The van der Waals surface area contributed by atoms with Crippen molar-refractivity contribution in [2.75, 3.05) is 13.7 Å². The van der Waals surface area contributed by atoms with Crippen LogP contribution in [0, 0.1) is 13.8 Å². The predicted octanol–water partition coefficient (Wildman–Crippen LogP) is 3.93. The number of nitrogens with zero attached hydrogens (tertiary/aromatic N) is 1. The molecule has 1 fully saturated rings. The van der Waals surface area contributed by atoms with Crippen molar-refractivity contribution >= 4 is 22.8 Å². The molecule has 0 bridgehead atoms. The van der Waals surface area contributed by atoms with Gasteiger partial charge in [-0.3, -0.25) is 9.59 Å². The number of furan rings is 1. The van der Waals surface area contributed by atoms with E-state index in [1.54, 1.807) is 18.2 Å². The van der Waals surface area contributed by atoms with E-state index in [4.69, 9.17) is 9.15 Å². The molecule has 0 saturated heterocycles. The summed E-state index contributed by atoms with van der Waals surface area (Å²) in [6, 6.07) is 4.28. The highest BCUT2D eigenvalue weighted by Gasteiger charge is 2.23. The predicted molar refractivity (Wildman–Crippen MR) is 100.0 cm³/mol. The summed E-state index contributed by atoms with van der Waals surface area (Å²) in [4.78, 5) is 26.2. The highest BCUT2D eigenvalue weighted by molar-refractivity contribution is 5.87. The lowest BCUT2D eigenvalue weighted by atomic mass is 9.94. The third-order valence-corrected chi connectivity index (χ3v) is 5.48. The number of hydrogen-bond donors (Lipinski definition) is 0. The van der Waals surface area contributed by atoms with Crippen molar-refractivity contribution in [3.63, 3.8) is 0 Å². The maximum atomic E-state index is 12.3. The van der Waals surface area contributed by atoms with Crippen LogP contribution < -0.4 is 0 Å². The number of amides is 1. The summed E-state index contributed by atoms with van der Waals surface area (Å²) in [5.41, 5.74) is 3.86. The summed E-state index contributed by atoms with van der Waals surface area (Å²) in [5, 5.41) is 0.927. The Morgan fingerprint density at radius 1 is 1.15 bits per heavy atom. The minimum absolute atomic E-state index is 0.107. The fourth-order valence-corrected chi connectivity index (χ4v) is 3.60. The lowest BCUT2D eigenvalue weighted by Crippen LogP contribution is -2.40. The van der Waals surface area contributed by atoms with E-state index in [1.165, 1.54) is 6.42 Å². The van der Waals surface area contributed by atoms with Crippen molar-refractivity contribution in [2.45, 2.75) is 58.4 Å². The molecule has 1 aliphatic carbocycles. The van der Waals surface area contributed by atoms with E-state index >= 15 is 0 Å².